The van der Waals surface area contributed by atoms with E-state index in [0.717, 1.165) is 0 Å². The van der Waals surface area contributed by atoms with Crippen LogP contribution >= 0.6 is 0 Å². The van der Waals surface area contributed by atoms with Gasteiger partial charge in [-0.3, -0.25) is 9.59 Å². The largest absolute Gasteiger partial charge is 0.405 e. The van der Waals surface area contributed by atoms with Crippen LogP contribution in [-0.2, 0) is 9.59 Å². The molecule has 2 saturated heterocycles. The Kier molecular flexibility index (Phi) is 5.47. The predicted octanol–water partition coefficient (Wildman–Crippen LogP) is 0.965. The Bertz CT molecular complexity index is 799. The first-order valence-electron chi connectivity index (χ1n) is 8.86. The van der Waals surface area contributed by atoms with Crippen molar-refractivity contribution in [3.05, 3.63) is 29.8 Å². The van der Waals surface area contributed by atoms with E-state index in [1.165, 1.54) is 4.90 Å². The molecule has 2 aliphatic heterocycles. The molecule has 2 heterocycles. The predicted molar refractivity (Wildman–Crippen MR) is 94.1 cm³/mol. The van der Waals surface area contributed by atoms with Crippen molar-refractivity contribution in [3.63, 3.8) is 0 Å². The summed E-state index contributed by atoms with van der Waals surface area (Å²) >= 11 is 0. The monoisotopic (exact) mass is 395 g/mol. The van der Waals surface area contributed by atoms with Crippen molar-refractivity contribution in [2.45, 2.75) is 24.6 Å². The molecule has 150 valence electrons. The Morgan fingerprint density at radius 1 is 1.32 bits per heavy atom. The first-order valence-corrected chi connectivity index (χ1v) is 8.86. The lowest BCUT2D eigenvalue weighted by Gasteiger charge is -2.40. The van der Waals surface area contributed by atoms with Crippen LogP contribution in [0.5, 0.6) is 0 Å². The van der Waals surface area contributed by atoms with Gasteiger partial charge in [0.2, 0.25) is 11.8 Å². The van der Waals surface area contributed by atoms with Gasteiger partial charge in [-0.25, -0.2) is 0 Å². The topological polar surface area (TPSA) is 88.5 Å². The van der Waals surface area contributed by atoms with E-state index in [2.05, 4.69) is 11.4 Å². The molecule has 10 heteroatoms. The molecule has 0 unspecified atom stereocenters. The van der Waals surface area contributed by atoms with Gasteiger partial charge >= 0.3 is 6.18 Å². The van der Waals surface area contributed by atoms with Gasteiger partial charge in [-0.05, 0) is 44.1 Å². The van der Waals surface area contributed by atoms with E-state index in [1.807, 2.05) is 4.90 Å². The summed E-state index contributed by atoms with van der Waals surface area (Å²) in [5.74, 6) is -1.14. The van der Waals surface area contributed by atoms with E-state index in [0.29, 0.717) is 37.2 Å². The summed E-state index contributed by atoms with van der Waals surface area (Å²) in [6.45, 7) is -0.592. The highest BCUT2D eigenvalue weighted by Crippen LogP contribution is 2.38. The zero-order chi connectivity index (χ0) is 20.4. The maximum Gasteiger partial charge on any atom is 0.405 e. The fourth-order valence-electron chi connectivity index (χ4n) is 3.73. The molecule has 28 heavy (non-hydrogen) atoms. The third-order valence-corrected chi connectivity index (χ3v) is 5.05. The highest BCUT2D eigenvalue weighted by atomic mass is 19.4. The first kappa shape index (κ1) is 19.9. The van der Waals surface area contributed by atoms with Crippen LogP contribution in [0.3, 0.4) is 0 Å². The Morgan fingerprint density at radius 3 is 2.68 bits per heavy atom. The maximum absolute atomic E-state index is 13.1. The van der Waals surface area contributed by atoms with E-state index in [4.69, 9.17) is 5.26 Å². The van der Waals surface area contributed by atoms with Gasteiger partial charge in [0.1, 0.15) is 18.6 Å². The number of piperidine rings is 1. The number of hydrogen-bond acceptors (Lipinski definition) is 5. The molecule has 0 radical (unpaired) electrons. The number of nitrogens with one attached hydrogen (secondary N) is 2. The Labute approximate surface area is 160 Å². The molecule has 2 aliphatic rings. The summed E-state index contributed by atoms with van der Waals surface area (Å²) < 4.78 is 36.9. The van der Waals surface area contributed by atoms with Crippen LogP contribution in [0.1, 0.15) is 18.4 Å². The average Bonchev–Trinajstić information content (AvgIpc) is 2.92. The Hall–Kier alpha value is -2.80. The van der Waals surface area contributed by atoms with Gasteiger partial charge in [0.25, 0.3) is 0 Å². The number of halogens is 3. The highest BCUT2D eigenvalue weighted by Gasteiger charge is 2.53. The normalized spacial score (nSPS) is 19.0. The van der Waals surface area contributed by atoms with Crippen LogP contribution in [-0.4, -0.2) is 61.3 Å². The lowest BCUT2D eigenvalue weighted by Crippen LogP contribution is -2.56. The van der Waals surface area contributed by atoms with E-state index in [9.17, 15) is 22.8 Å². The maximum atomic E-state index is 13.1. The van der Waals surface area contributed by atoms with Gasteiger partial charge in [-0.1, -0.05) is 6.07 Å². The summed E-state index contributed by atoms with van der Waals surface area (Å²) in [6, 6.07) is 8.88. The number of carbonyl (C=O) groups is 2. The molecule has 0 saturated carbocycles. The summed E-state index contributed by atoms with van der Waals surface area (Å²) in [5, 5.41) is 14.1. The van der Waals surface area contributed by atoms with Crippen molar-refractivity contribution < 1.29 is 22.8 Å². The molecule has 0 aliphatic carbocycles. The zero-order valence-corrected chi connectivity index (χ0v) is 15.1. The van der Waals surface area contributed by atoms with Gasteiger partial charge in [-0.15, -0.1) is 0 Å². The van der Waals surface area contributed by atoms with Crippen LogP contribution in [0.4, 0.5) is 18.9 Å². The molecular weight excluding hydrogens is 375 g/mol. The minimum Gasteiger partial charge on any atom is -0.345 e. The molecule has 7 nitrogen and oxygen atoms in total. The number of benzene rings is 1. The van der Waals surface area contributed by atoms with Gasteiger partial charge in [-0.2, -0.15) is 18.4 Å². The molecular formula is C18H20F3N5O2. The number of nitrogens with zero attached hydrogens (tertiary/aromatic N) is 3. The van der Waals surface area contributed by atoms with Gasteiger partial charge < -0.3 is 20.4 Å². The molecule has 1 aromatic rings. The fraction of sp³-hybridized carbons (Fsp3) is 0.500. The lowest BCUT2D eigenvalue weighted by molar-refractivity contribution is -0.142. The zero-order valence-electron chi connectivity index (χ0n) is 15.1. The average molecular weight is 395 g/mol. The van der Waals surface area contributed by atoms with E-state index in [1.54, 1.807) is 29.6 Å². The summed E-state index contributed by atoms with van der Waals surface area (Å²) in [4.78, 5) is 28.2. The van der Waals surface area contributed by atoms with Gasteiger partial charge in [0.05, 0.1) is 18.3 Å². The second kappa shape index (κ2) is 7.67. The van der Waals surface area contributed by atoms with Crippen molar-refractivity contribution >= 4 is 17.5 Å². The third-order valence-electron chi connectivity index (χ3n) is 5.05. The molecule has 1 aromatic carbocycles. The smallest absolute Gasteiger partial charge is 0.345 e. The second-order valence-corrected chi connectivity index (χ2v) is 6.91. The van der Waals surface area contributed by atoms with Crippen LogP contribution in [0.2, 0.25) is 0 Å². The Balaban J connectivity index is 1.82. The summed E-state index contributed by atoms with van der Waals surface area (Å²) in [7, 11) is 0. The second-order valence-electron chi connectivity index (χ2n) is 6.91. The van der Waals surface area contributed by atoms with Crippen molar-refractivity contribution in [1.82, 2.24) is 15.5 Å². The minimum absolute atomic E-state index is 0.0765. The Morgan fingerprint density at radius 2 is 2.04 bits per heavy atom. The molecule has 1 spiro atoms. The van der Waals surface area contributed by atoms with Crippen molar-refractivity contribution in [2.75, 3.05) is 37.7 Å². The fourth-order valence-corrected chi connectivity index (χ4v) is 3.73. The number of rotatable bonds is 4. The third kappa shape index (κ3) is 4.04. The SMILES string of the molecule is N#Cc1cccc(N2CN(CC(=O)NCC(F)(F)F)C(=O)C23CCNCC3)c1. The summed E-state index contributed by atoms with van der Waals surface area (Å²) in [6.07, 6.45) is -3.50. The molecule has 2 fully saturated rings. The van der Waals surface area contributed by atoms with E-state index in [-0.39, 0.29) is 12.6 Å². The highest BCUT2D eigenvalue weighted by molar-refractivity contribution is 5.96. The van der Waals surface area contributed by atoms with Crippen LogP contribution in [0.25, 0.3) is 0 Å². The quantitative estimate of drug-likeness (QED) is 0.793. The molecule has 2 N–H and O–H groups in total. The number of hydrogen-bond donors (Lipinski definition) is 2. The van der Waals surface area contributed by atoms with Gasteiger partial charge in [0.15, 0.2) is 0 Å². The van der Waals surface area contributed by atoms with Crippen LogP contribution < -0.4 is 15.5 Å². The molecule has 3 rings (SSSR count). The van der Waals surface area contributed by atoms with Crippen LogP contribution in [0, 0.1) is 11.3 Å². The van der Waals surface area contributed by atoms with E-state index >= 15 is 0 Å². The van der Waals surface area contributed by atoms with Crippen molar-refractivity contribution in [2.24, 2.45) is 0 Å². The number of nitriles is 1. The number of anilines is 1. The lowest BCUT2D eigenvalue weighted by atomic mass is 9.86. The minimum atomic E-state index is -4.51. The number of amides is 2. The molecule has 0 aromatic heterocycles. The van der Waals surface area contributed by atoms with Crippen LogP contribution in [0.15, 0.2) is 24.3 Å². The first-order chi connectivity index (χ1) is 13.2. The number of carbonyl (C=O) groups excluding carboxylic acids is 2. The standard InChI is InChI=1S/C18H20F3N5O2/c19-18(20,21)11-24-15(27)10-25-12-26(14-3-1-2-13(8-14)9-22)17(16(25)28)4-6-23-7-5-17/h1-3,8,23H,4-7,10-12H2,(H,24,27). The van der Waals surface area contributed by atoms with Crippen molar-refractivity contribution in [1.29, 1.82) is 5.26 Å². The molecule has 2 amide bonds. The molecule has 0 bridgehead atoms. The van der Waals surface area contributed by atoms with Gasteiger partial charge in [0, 0.05) is 5.69 Å². The molecule has 0 atom stereocenters. The summed E-state index contributed by atoms with van der Waals surface area (Å²) in [5.41, 5.74) is 0.242. The van der Waals surface area contributed by atoms with Crippen molar-refractivity contribution in [3.8, 4) is 6.07 Å². The van der Waals surface area contributed by atoms with E-state index < -0.39 is 30.7 Å². The number of alkyl halides is 3.